The monoisotopic (exact) mass is 277 g/mol. The van der Waals surface area contributed by atoms with E-state index >= 15 is 0 Å². The molecule has 0 atom stereocenters. The summed E-state index contributed by atoms with van der Waals surface area (Å²) in [6.45, 7) is 3.45. The third kappa shape index (κ3) is 3.91. The van der Waals surface area contributed by atoms with Crippen LogP contribution in [0.5, 0.6) is 11.5 Å². The number of allylic oxidation sites excluding steroid dienone is 1. The molecule has 0 saturated carbocycles. The summed E-state index contributed by atoms with van der Waals surface area (Å²) in [6.07, 6.45) is 2.69. The summed E-state index contributed by atoms with van der Waals surface area (Å²) in [6, 6.07) is 5.79. The fourth-order valence-electron chi connectivity index (χ4n) is 1.72. The van der Waals surface area contributed by atoms with Gasteiger partial charge in [0.15, 0.2) is 11.5 Å². The second kappa shape index (κ2) is 6.84. The van der Waals surface area contributed by atoms with Crippen LogP contribution in [0, 0.1) is 6.61 Å². The molecule has 5 heteroatoms. The van der Waals surface area contributed by atoms with Crippen LogP contribution in [-0.2, 0) is 20.7 Å². The molecule has 0 aromatic heterocycles. The van der Waals surface area contributed by atoms with Gasteiger partial charge in [-0.15, -0.1) is 0 Å². The Bertz CT molecular complexity index is 507. The number of benzene rings is 1. The lowest BCUT2D eigenvalue weighted by molar-refractivity contribution is -0.134. The quantitative estimate of drug-likeness (QED) is 0.346. The van der Waals surface area contributed by atoms with Crippen molar-refractivity contribution in [3.05, 3.63) is 42.2 Å². The number of hydrogen-bond acceptors (Lipinski definition) is 5. The molecule has 5 nitrogen and oxygen atoms in total. The van der Waals surface area contributed by atoms with E-state index in [1.165, 1.54) is 19.8 Å². The Balaban J connectivity index is 1.72. The lowest BCUT2D eigenvalue weighted by Gasteiger charge is -2.04. The standard InChI is InChI=1S/C15H17O5/c1-11(17-2)8-15(16)18-7-3-4-12-5-6-13-14(9-12)20-10-19-13/h5-9H,3-4,10H2,1-2H3/b11-8+. The number of methoxy groups -OCH3 is 1. The normalized spacial score (nSPS) is 13.2. The maximum atomic E-state index is 11.3. The molecular formula is C15H17O5. The average Bonchev–Trinajstić information content (AvgIpc) is 2.91. The SMILES string of the molecule is CO/C(C)=C/C(=O)O[CH]CCc1ccc2c(c1)OCO2. The Morgan fingerprint density at radius 1 is 1.35 bits per heavy atom. The summed E-state index contributed by atoms with van der Waals surface area (Å²) in [7, 11) is 1.50. The zero-order valence-electron chi connectivity index (χ0n) is 11.5. The molecule has 0 unspecified atom stereocenters. The summed E-state index contributed by atoms with van der Waals surface area (Å²) in [5.74, 6) is 1.61. The number of fused-ring (bicyclic) bond motifs is 1. The number of carbonyl (C=O) groups is 1. The number of aryl methyl sites for hydroxylation is 1. The third-order valence-corrected chi connectivity index (χ3v) is 2.83. The van der Waals surface area contributed by atoms with Crippen LogP contribution >= 0.6 is 0 Å². The van der Waals surface area contributed by atoms with Gasteiger partial charge in [-0.05, 0) is 37.5 Å². The van der Waals surface area contributed by atoms with Gasteiger partial charge in [0.05, 0.1) is 18.9 Å². The van der Waals surface area contributed by atoms with Gasteiger partial charge in [-0.2, -0.15) is 0 Å². The van der Waals surface area contributed by atoms with E-state index in [1.807, 2.05) is 18.2 Å². The van der Waals surface area contributed by atoms with Crippen LogP contribution in [0.1, 0.15) is 18.9 Å². The van der Waals surface area contributed by atoms with Gasteiger partial charge in [-0.3, -0.25) is 0 Å². The van der Waals surface area contributed by atoms with Gasteiger partial charge >= 0.3 is 5.97 Å². The lowest BCUT2D eigenvalue weighted by atomic mass is 10.1. The highest BCUT2D eigenvalue weighted by Gasteiger charge is 2.12. The van der Waals surface area contributed by atoms with E-state index in [0.29, 0.717) is 12.2 Å². The fourth-order valence-corrected chi connectivity index (χ4v) is 1.72. The van der Waals surface area contributed by atoms with Gasteiger partial charge in [-0.25, -0.2) is 4.79 Å². The summed E-state index contributed by atoms with van der Waals surface area (Å²) >= 11 is 0. The van der Waals surface area contributed by atoms with Crippen molar-refractivity contribution < 1.29 is 23.7 Å². The third-order valence-electron chi connectivity index (χ3n) is 2.83. The Hall–Kier alpha value is -2.17. The largest absolute Gasteiger partial charge is 0.501 e. The summed E-state index contributed by atoms with van der Waals surface area (Å²) < 4.78 is 20.4. The molecule has 0 bridgehead atoms. The number of esters is 1. The maximum Gasteiger partial charge on any atom is 0.334 e. The highest BCUT2D eigenvalue weighted by Crippen LogP contribution is 2.32. The van der Waals surface area contributed by atoms with Gasteiger partial charge in [-0.1, -0.05) is 6.07 Å². The molecule has 1 aromatic rings. The van der Waals surface area contributed by atoms with Crippen molar-refractivity contribution in [3.63, 3.8) is 0 Å². The number of carbonyl (C=O) groups excluding carboxylic acids is 1. The van der Waals surface area contributed by atoms with E-state index in [2.05, 4.69) is 0 Å². The molecule has 0 fully saturated rings. The van der Waals surface area contributed by atoms with E-state index in [4.69, 9.17) is 18.9 Å². The Morgan fingerprint density at radius 2 is 2.15 bits per heavy atom. The Labute approximate surface area is 118 Å². The molecule has 0 amide bonds. The first-order valence-electron chi connectivity index (χ1n) is 6.32. The average molecular weight is 277 g/mol. The highest BCUT2D eigenvalue weighted by molar-refractivity contribution is 5.82. The van der Waals surface area contributed by atoms with Crippen LogP contribution in [0.4, 0.5) is 0 Å². The predicted octanol–water partition coefficient (Wildman–Crippen LogP) is 2.60. The molecule has 1 aliphatic rings. The van der Waals surface area contributed by atoms with Crippen LogP contribution in [0.3, 0.4) is 0 Å². The molecule has 107 valence electrons. The number of ether oxygens (including phenoxy) is 4. The number of rotatable bonds is 6. The second-order valence-electron chi connectivity index (χ2n) is 4.29. The molecule has 0 spiro atoms. The molecule has 1 heterocycles. The molecule has 0 N–H and O–H groups in total. The molecule has 1 aliphatic heterocycles. The van der Waals surface area contributed by atoms with E-state index in [9.17, 15) is 4.79 Å². The van der Waals surface area contributed by atoms with E-state index in [1.54, 1.807) is 6.92 Å². The van der Waals surface area contributed by atoms with E-state index < -0.39 is 5.97 Å². The molecular weight excluding hydrogens is 260 g/mol. The topological polar surface area (TPSA) is 54.0 Å². The van der Waals surface area contributed by atoms with Gasteiger partial charge < -0.3 is 18.9 Å². The smallest absolute Gasteiger partial charge is 0.334 e. The van der Waals surface area contributed by atoms with Gasteiger partial charge in [0, 0.05) is 0 Å². The van der Waals surface area contributed by atoms with Crippen molar-refractivity contribution in [1.82, 2.24) is 0 Å². The van der Waals surface area contributed by atoms with E-state index in [-0.39, 0.29) is 6.79 Å². The first-order chi connectivity index (χ1) is 9.69. The maximum absolute atomic E-state index is 11.3. The minimum Gasteiger partial charge on any atom is -0.501 e. The highest BCUT2D eigenvalue weighted by atomic mass is 16.7. The van der Waals surface area contributed by atoms with Crippen molar-refractivity contribution in [1.29, 1.82) is 0 Å². The Morgan fingerprint density at radius 3 is 2.95 bits per heavy atom. The first kappa shape index (κ1) is 14.2. The zero-order valence-corrected chi connectivity index (χ0v) is 11.5. The molecule has 0 saturated heterocycles. The molecule has 1 aromatic carbocycles. The van der Waals surface area contributed by atoms with Crippen molar-refractivity contribution in [2.75, 3.05) is 13.9 Å². The summed E-state index contributed by atoms with van der Waals surface area (Å²) in [5.41, 5.74) is 1.10. The van der Waals surface area contributed by atoms with Crippen LogP contribution < -0.4 is 9.47 Å². The van der Waals surface area contributed by atoms with Crippen molar-refractivity contribution in [3.8, 4) is 11.5 Å². The second-order valence-corrected chi connectivity index (χ2v) is 4.29. The number of hydrogen-bond donors (Lipinski definition) is 0. The van der Waals surface area contributed by atoms with Crippen LogP contribution in [0.15, 0.2) is 30.0 Å². The van der Waals surface area contributed by atoms with E-state index in [0.717, 1.165) is 23.5 Å². The van der Waals surface area contributed by atoms with Crippen LogP contribution in [0.25, 0.3) is 0 Å². The molecule has 2 rings (SSSR count). The summed E-state index contributed by atoms with van der Waals surface area (Å²) in [4.78, 5) is 11.3. The Kier molecular flexibility index (Phi) is 4.87. The molecule has 1 radical (unpaired) electrons. The minimum absolute atomic E-state index is 0.272. The van der Waals surface area contributed by atoms with Crippen LogP contribution in [0.2, 0.25) is 0 Å². The van der Waals surface area contributed by atoms with Gasteiger partial charge in [0.25, 0.3) is 0 Å². The minimum atomic E-state index is -0.435. The first-order valence-corrected chi connectivity index (χ1v) is 6.32. The molecule has 20 heavy (non-hydrogen) atoms. The van der Waals surface area contributed by atoms with Crippen molar-refractivity contribution in [2.45, 2.75) is 19.8 Å². The van der Waals surface area contributed by atoms with Gasteiger partial charge in [0.1, 0.15) is 6.61 Å². The van der Waals surface area contributed by atoms with Crippen molar-refractivity contribution >= 4 is 5.97 Å². The van der Waals surface area contributed by atoms with Crippen molar-refractivity contribution in [2.24, 2.45) is 0 Å². The lowest BCUT2D eigenvalue weighted by Crippen LogP contribution is -2.00. The van der Waals surface area contributed by atoms with Crippen LogP contribution in [-0.4, -0.2) is 19.9 Å². The fraction of sp³-hybridized carbons (Fsp3) is 0.333. The molecule has 0 aliphatic carbocycles. The summed E-state index contributed by atoms with van der Waals surface area (Å²) in [5, 5.41) is 0. The zero-order chi connectivity index (χ0) is 14.4. The van der Waals surface area contributed by atoms with Gasteiger partial charge in [0.2, 0.25) is 6.79 Å². The predicted molar refractivity (Wildman–Crippen MR) is 72.0 cm³/mol.